The van der Waals surface area contributed by atoms with E-state index < -0.39 is 11.8 Å². The SMILES string of the molecule is O=C(N=Nc1c(O)[nH]c2ccccc12)c1[nH]c(-c2ccccc2)nc1O. The maximum atomic E-state index is 12.3. The highest BCUT2D eigenvalue weighted by Gasteiger charge is 2.18. The molecule has 4 aromatic rings. The zero-order chi connectivity index (χ0) is 18.1. The molecule has 8 heteroatoms. The Bertz CT molecular complexity index is 1130. The van der Waals surface area contributed by atoms with Gasteiger partial charge in [0.05, 0.1) is 5.52 Å². The number of nitrogens with one attached hydrogen (secondary N) is 2. The van der Waals surface area contributed by atoms with Crippen LogP contribution in [-0.2, 0) is 0 Å². The molecule has 4 N–H and O–H groups in total. The van der Waals surface area contributed by atoms with E-state index in [0.29, 0.717) is 22.3 Å². The average Bonchev–Trinajstić information content (AvgIpc) is 3.20. The van der Waals surface area contributed by atoms with Gasteiger partial charge < -0.3 is 20.2 Å². The smallest absolute Gasteiger partial charge is 0.317 e. The first-order chi connectivity index (χ1) is 12.6. The molecule has 0 fully saturated rings. The van der Waals surface area contributed by atoms with Crippen LogP contribution >= 0.6 is 0 Å². The number of carbonyl (C=O) groups is 1. The third-order valence-electron chi connectivity index (χ3n) is 3.85. The fourth-order valence-electron chi connectivity index (χ4n) is 2.61. The van der Waals surface area contributed by atoms with Crippen molar-refractivity contribution in [2.24, 2.45) is 10.2 Å². The van der Waals surface area contributed by atoms with Gasteiger partial charge in [-0.1, -0.05) is 48.5 Å². The van der Waals surface area contributed by atoms with Gasteiger partial charge >= 0.3 is 5.91 Å². The molecule has 0 aliphatic carbocycles. The molecule has 0 aliphatic heterocycles. The van der Waals surface area contributed by atoms with Gasteiger partial charge in [0.2, 0.25) is 11.8 Å². The monoisotopic (exact) mass is 347 g/mol. The second-order valence-electron chi connectivity index (χ2n) is 5.52. The minimum atomic E-state index is -0.804. The molecule has 2 heterocycles. The van der Waals surface area contributed by atoms with Gasteiger partial charge in [-0.3, -0.25) is 4.79 Å². The van der Waals surface area contributed by atoms with Crippen molar-refractivity contribution in [3.8, 4) is 23.1 Å². The lowest BCUT2D eigenvalue weighted by Gasteiger charge is -1.94. The van der Waals surface area contributed by atoms with E-state index in [-0.39, 0.29) is 17.3 Å². The quantitative estimate of drug-likeness (QED) is 0.419. The molecule has 0 spiro atoms. The Balaban J connectivity index is 1.65. The second kappa shape index (κ2) is 6.17. The summed E-state index contributed by atoms with van der Waals surface area (Å²) < 4.78 is 0. The Labute approximate surface area is 146 Å². The lowest BCUT2D eigenvalue weighted by atomic mass is 10.2. The van der Waals surface area contributed by atoms with Gasteiger partial charge in [-0.05, 0) is 6.07 Å². The predicted octanol–water partition coefficient (Wildman–Crippen LogP) is 3.89. The molecule has 26 heavy (non-hydrogen) atoms. The first-order valence-corrected chi connectivity index (χ1v) is 7.73. The Morgan fingerprint density at radius 1 is 0.962 bits per heavy atom. The van der Waals surface area contributed by atoms with Crippen LogP contribution in [0.1, 0.15) is 10.5 Å². The number of nitrogens with zero attached hydrogens (tertiary/aromatic N) is 3. The first kappa shape index (κ1) is 15.6. The van der Waals surface area contributed by atoms with Crippen LogP contribution in [0, 0.1) is 0 Å². The molecule has 0 radical (unpaired) electrons. The molecule has 128 valence electrons. The van der Waals surface area contributed by atoms with E-state index in [0.717, 1.165) is 0 Å². The maximum absolute atomic E-state index is 12.3. The van der Waals surface area contributed by atoms with Crippen molar-refractivity contribution in [3.63, 3.8) is 0 Å². The number of aromatic amines is 2. The Kier molecular flexibility index (Phi) is 3.70. The molecule has 0 saturated carbocycles. The van der Waals surface area contributed by atoms with Crippen LogP contribution in [0.25, 0.3) is 22.3 Å². The molecule has 0 saturated heterocycles. The van der Waals surface area contributed by atoms with Crippen molar-refractivity contribution in [1.82, 2.24) is 15.0 Å². The van der Waals surface area contributed by atoms with E-state index in [1.165, 1.54) is 0 Å². The number of fused-ring (bicyclic) bond motifs is 1. The molecule has 8 nitrogen and oxygen atoms in total. The third-order valence-corrected chi connectivity index (χ3v) is 3.85. The van der Waals surface area contributed by atoms with Crippen molar-refractivity contribution in [3.05, 3.63) is 60.3 Å². The average molecular weight is 347 g/mol. The summed E-state index contributed by atoms with van der Waals surface area (Å²) in [7, 11) is 0. The minimum absolute atomic E-state index is 0.149. The summed E-state index contributed by atoms with van der Waals surface area (Å²) >= 11 is 0. The number of para-hydroxylation sites is 1. The number of imidazole rings is 1. The number of H-pyrrole nitrogens is 2. The molecule has 1 amide bonds. The summed E-state index contributed by atoms with van der Waals surface area (Å²) in [5.41, 5.74) is 1.36. The van der Waals surface area contributed by atoms with Crippen molar-refractivity contribution in [1.29, 1.82) is 0 Å². The summed E-state index contributed by atoms with van der Waals surface area (Å²) in [5, 5.41) is 27.9. The summed E-state index contributed by atoms with van der Waals surface area (Å²) in [4.78, 5) is 21.7. The van der Waals surface area contributed by atoms with Crippen LogP contribution in [0.4, 0.5) is 5.69 Å². The number of carbonyl (C=O) groups excluding carboxylic acids is 1. The predicted molar refractivity (Wildman–Crippen MR) is 94.5 cm³/mol. The first-order valence-electron chi connectivity index (χ1n) is 7.73. The van der Waals surface area contributed by atoms with Gasteiger partial charge in [0.15, 0.2) is 11.4 Å². The number of aromatic nitrogens is 3. The zero-order valence-corrected chi connectivity index (χ0v) is 13.3. The Morgan fingerprint density at radius 2 is 1.69 bits per heavy atom. The van der Waals surface area contributed by atoms with E-state index >= 15 is 0 Å². The molecule has 4 rings (SSSR count). The summed E-state index contributed by atoms with van der Waals surface area (Å²) in [6.07, 6.45) is 0. The summed E-state index contributed by atoms with van der Waals surface area (Å²) in [5.74, 6) is -1.11. The van der Waals surface area contributed by atoms with E-state index in [1.54, 1.807) is 36.4 Å². The number of azo groups is 1. The number of aromatic hydroxyl groups is 2. The lowest BCUT2D eigenvalue weighted by Crippen LogP contribution is -1.94. The fourth-order valence-corrected chi connectivity index (χ4v) is 2.61. The normalized spacial score (nSPS) is 11.4. The van der Waals surface area contributed by atoms with Gasteiger partial charge in [0, 0.05) is 10.9 Å². The van der Waals surface area contributed by atoms with Gasteiger partial charge in [-0.25, -0.2) is 0 Å². The van der Waals surface area contributed by atoms with Crippen LogP contribution < -0.4 is 0 Å². The standard InChI is InChI=1S/C18H13N5O3/c24-16-13(11-8-4-5-9-12(11)19-16)22-23-18(26)14-17(25)21-15(20-14)10-6-2-1-3-7-10/h1-9,19,24-25H,(H,20,21). The van der Waals surface area contributed by atoms with Crippen molar-refractivity contribution >= 4 is 22.5 Å². The lowest BCUT2D eigenvalue weighted by molar-refractivity contribution is 0.0988. The number of benzene rings is 2. The van der Waals surface area contributed by atoms with Gasteiger partial charge in [0.25, 0.3) is 0 Å². The highest BCUT2D eigenvalue weighted by molar-refractivity contribution is 5.97. The molecule has 0 aliphatic rings. The number of amides is 1. The van der Waals surface area contributed by atoms with Crippen LogP contribution in [0.15, 0.2) is 64.8 Å². The Hall–Kier alpha value is -3.94. The number of rotatable bonds is 3. The highest BCUT2D eigenvalue weighted by Crippen LogP contribution is 2.35. The number of hydrogen-bond donors (Lipinski definition) is 4. The maximum Gasteiger partial charge on any atom is 0.317 e. The van der Waals surface area contributed by atoms with Gasteiger partial charge in [-0.15, -0.1) is 10.2 Å². The fraction of sp³-hybridized carbons (Fsp3) is 0. The van der Waals surface area contributed by atoms with E-state index in [9.17, 15) is 15.0 Å². The Morgan fingerprint density at radius 3 is 2.50 bits per heavy atom. The topological polar surface area (TPSA) is 127 Å². The minimum Gasteiger partial charge on any atom is -0.493 e. The van der Waals surface area contributed by atoms with Crippen molar-refractivity contribution in [2.45, 2.75) is 0 Å². The molecule has 2 aromatic heterocycles. The largest absolute Gasteiger partial charge is 0.493 e. The van der Waals surface area contributed by atoms with Gasteiger partial charge in [0.1, 0.15) is 5.82 Å². The zero-order valence-electron chi connectivity index (χ0n) is 13.3. The molecular formula is C18H13N5O3. The van der Waals surface area contributed by atoms with E-state index in [1.807, 2.05) is 18.2 Å². The van der Waals surface area contributed by atoms with Crippen molar-refractivity contribution in [2.75, 3.05) is 0 Å². The molecule has 0 atom stereocenters. The van der Waals surface area contributed by atoms with Crippen LogP contribution in [0.2, 0.25) is 0 Å². The summed E-state index contributed by atoms with van der Waals surface area (Å²) in [6, 6.07) is 16.2. The van der Waals surface area contributed by atoms with Crippen LogP contribution in [-0.4, -0.2) is 31.1 Å². The van der Waals surface area contributed by atoms with Gasteiger partial charge in [-0.2, -0.15) is 4.98 Å². The summed E-state index contributed by atoms with van der Waals surface area (Å²) in [6.45, 7) is 0. The number of hydrogen-bond acceptors (Lipinski definition) is 5. The molecule has 0 unspecified atom stereocenters. The highest BCUT2D eigenvalue weighted by atomic mass is 16.3. The van der Waals surface area contributed by atoms with E-state index in [2.05, 4.69) is 25.2 Å². The van der Waals surface area contributed by atoms with Crippen molar-refractivity contribution < 1.29 is 15.0 Å². The molecular weight excluding hydrogens is 334 g/mol. The van der Waals surface area contributed by atoms with Crippen LogP contribution in [0.3, 0.4) is 0 Å². The third kappa shape index (κ3) is 2.69. The van der Waals surface area contributed by atoms with Crippen LogP contribution in [0.5, 0.6) is 11.8 Å². The molecule has 0 bridgehead atoms. The van der Waals surface area contributed by atoms with E-state index in [4.69, 9.17) is 0 Å². The second-order valence-corrected chi connectivity index (χ2v) is 5.52. The molecule has 2 aromatic carbocycles.